The van der Waals surface area contributed by atoms with Gasteiger partial charge in [-0.05, 0) is 17.7 Å². The Morgan fingerprint density at radius 2 is 1.76 bits per heavy atom. The summed E-state index contributed by atoms with van der Waals surface area (Å²) in [4.78, 5) is 43.3. The van der Waals surface area contributed by atoms with Gasteiger partial charge in [0, 0.05) is 20.7 Å². The Kier molecular flexibility index (Phi) is 6.99. The number of carbonyl (C=O) groups excluding carboxylic acids is 1. The summed E-state index contributed by atoms with van der Waals surface area (Å²) in [6.45, 7) is 1.21. The van der Waals surface area contributed by atoms with E-state index in [0.29, 0.717) is 18.3 Å². The first-order chi connectivity index (χ1) is 16.4. The van der Waals surface area contributed by atoms with Gasteiger partial charge in [0.25, 0.3) is 5.56 Å². The summed E-state index contributed by atoms with van der Waals surface area (Å²) in [5.41, 5.74) is 7.31. The van der Waals surface area contributed by atoms with Crippen LogP contribution in [0.25, 0.3) is 11.0 Å². The topological polar surface area (TPSA) is 114 Å². The number of Topliss-reactive ketones (excluding diaryl/α,β-unsaturated/α-hetero) is 1. The van der Waals surface area contributed by atoms with Gasteiger partial charge in [-0.1, -0.05) is 54.2 Å². The van der Waals surface area contributed by atoms with Crippen LogP contribution in [0.1, 0.15) is 15.9 Å². The molecule has 4 rings (SSSR count). The van der Waals surface area contributed by atoms with Crippen molar-refractivity contribution in [2.45, 2.75) is 18.2 Å². The smallest absolute Gasteiger partial charge is 0.332 e. The summed E-state index contributed by atoms with van der Waals surface area (Å²) in [6, 6.07) is 16.9. The molecule has 4 aromatic rings. The molecule has 0 fully saturated rings. The van der Waals surface area contributed by atoms with Crippen LogP contribution >= 0.6 is 11.8 Å². The molecule has 176 valence electrons. The van der Waals surface area contributed by atoms with E-state index in [9.17, 15) is 14.4 Å². The Bertz CT molecular complexity index is 1460. The number of ketones is 1. The maximum atomic E-state index is 13.2. The minimum absolute atomic E-state index is 0.0563. The highest BCUT2D eigenvalue weighted by Crippen LogP contribution is 2.25. The van der Waals surface area contributed by atoms with Crippen LogP contribution in [-0.2, 0) is 24.9 Å². The van der Waals surface area contributed by atoms with Gasteiger partial charge in [0.05, 0.1) is 29.9 Å². The molecule has 2 aromatic heterocycles. The third-order valence-electron chi connectivity index (χ3n) is 5.52. The van der Waals surface area contributed by atoms with Crippen LogP contribution in [0.4, 0.5) is 5.82 Å². The molecule has 2 heterocycles. The maximum Gasteiger partial charge on any atom is 0.332 e. The maximum absolute atomic E-state index is 13.2. The number of thioether (sulfide) groups is 1. The number of nitrogens with two attached hydrogens (primary N) is 1. The third-order valence-corrected chi connectivity index (χ3v) is 6.49. The van der Waals surface area contributed by atoms with Gasteiger partial charge in [-0.3, -0.25) is 18.7 Å². The number of carbonyl (C=O) groups is 1. The first-order valence-corrected chi connectivity index (χ1v) is 11.6. The molecular weight excluding hydrogens is 454 g/mol. The first-order valence-electron chi connectivity index (χ1n) is 10.7. The number of hydrogen-bond donors (Lipinski definition) is 1. The minimum Gasteiger partial charge on any atom is -0.384 e. The van der Waals surface area contributed by atoms with E-state index in [1.54, 1.807) is 7.11 Å². The van der Waals surface area contributed by atoms with E-state index in [4.69, 9.17) is 10.5 Å². The molecule has 0 saturated carbocycles. The molecule has 0 amide bonds. The van der Waals surface area contributed by atoms with E-state index < -0.39 is 17.0 Å². The van der Waals surface area contributed by atoms with E-state index in [2.05, 4.69) is 4.98 Å². The van der Waals surface area contributed by atoms with Crippen molar-refractivity contribution in [3.05, 3.63) is 86.6 Å². The summed E-state index contributed by atoms with van der Waals surface area (Å²) in [7, 11) is 2.97. The van der Waals surface area contributed by atoms with Crippen LogP contribution in [-0.4, -0.2) is 43.9 Å². The Balaban J connectivity index is 1.65. The summed E-state index contributed by atoms with van der Waals surface area (Å²) in [5, 5.41) is 0.639. The molecule has 2 aromatic carbocycles. The lowest BCUT2D eigenvalue weighted by atomic mass is 10.2. The number of hydrogen-bond acceptors (Lipinski definition) is 7. The van der Waals surface area contributed by atoms with Crippen LogP contribution in [0.15, 0.2) is 69.3 Å². The average Bonchev–Trinajstić information content (AvgIpc) is 3.21. The van der Waals surface area contributed by atoms with Crippen molar-refractivity contribution in [2.75, 3.05) is 25.2 Å². The lowest BCUT2D eigenvalue weighted by Crippen LogP contribution is -2.43. The van der Waals surface area contributed by atoms with Crippen LogP contribution < -0.4 is 17.0 Å². The number of benzene rings is 2. The molecule has 0 saturated heterocycles. The number of nitrogen functional groups attached to an aromatic ring is 1. The third kappa shape index (κ3) is 4.55. The summed E-state index contributed by atoms with van der Waals surface area (Å²) < 4.78 is 9.37. The highest BCUT2D eigenvalue weighted by atomic mass is 32.2. The van der Waals surface area contributed by atoms with Crippen LogP contribution in [0.5, 0.6) is 0 Å². The predicted octanol–water partition coefficient (Wildman–Crippen LogP) is 2.15. The molecule has 0 radical (unpaired) electrons. The quantitative estimate of drug-likeness (QED) is 0.289. The number of methoxy groups -OCH3 is 1. The van der Waals surface area contributed by atoms with E-state index in [-0.39, 0.29) is 23.7 Å². The van der Waals surface area contributed by atoms with Crippen molar-refractivity contribution < 1.29 is 9.53 Å². The predicted molar refractivity (Wildman–Crippen MR) is 133 cm³/mol. The molecule has 0 spiro atoms. The summed E-state index contributed by atoms with van der Waals surface area (Å²) in [5.74, 6) is -0.648. The molecule has 0 bridgehead atoms. The Morgan fingerprint density at radius 1 is 1.06 bits per heavy atom. The molecule has 0 atom stereocenters. The monoisotopic (exact) mass is 479 g/mol. The van der Waals surface area contributed by atoms with Crippen LogP contribution in [0.2, 0.25) is 0 Å². The van der Waals surface area contributed by atoms with Crippen molar-refractivity contribution in [3.63, 3.8) is 0 Å². The molecule has 0 aliphatic rings. The van der Waals surface area contributed by atoms with Gasteiger partial charge >= 0.3 is 5.69 Å². The number of anilines is 1. The summed E-state index contributed by atoms with van der Waals surface area (Å²) in [6.07, 6.45) is 0. The van der Waals surface area contributed by atoms with E-state index >= 15 is 0 Å². The van der Waals surface area contributed by atoms with Crippen molar-refractivity contribution in [2.24, 2.45) is 7.05 Å². The molecule has 10 heteroatoms. The fraction of sp³-hybridized carbons (Fsp3) is 0.250. The van der Waals surface area contributed by atoms with Crippen molar-refractivity contribution in [1.82, 2.24) is 18.7 Å². The Morgan fingerprint density at radius 3 is 2.50 bits per heavy atom. The fourth-order valence-corrected chi connectivity index (χ4v) is 4.64. The van der Waals surface area contributed by atoms with Gasteiger partial charge in [0.2, 0.25) is 0 Å². The van der Waals surface area contributed by atoms with Crippen LogP contribution in [0, 0.1) is 0 Å². The highest BCUT2D eigenvalue weighted by Gasteiger charge is 2.23. The molecule has 0 aliphatic carbocycles. The molecule has 9 nitrogen and oxygen atoms in total. The minimum atomic E-state index is -0.703. The van der Waals surface area contributed by atoms with E-state index in [0.717, 1.165) is 21.2 Å². The lowest BCUT2D eigenvalue weighted by Gasteiger charge is -2.14. The van der Waals surface area contributed by atoms with E-state index in [1.807, 2.05) is 59.2 Å². The van der Waals surface area contributed by atoms with Crippen molar-refractivity contribution in [3.8, 4) is 0 Å². The largest absolute Gasteiger partial charge is 0.384 e. The Hall–Kier alpha value is -3.63. The first kappa shape index (κ1) is 23.5. The second-order valence-electron chi connectivity index (χ2n) is 7.72. The molecular formula is C24H25N5O4S. The molecule has 0 aliphatic heterocycles. The Labute approximate surface area is 199 Å². The number of para-hydroxylation sites is 2. The van der Waals surface area contributed by atoms with Gasteiger partial charge in [-0.15, -0.1) is 0 Å². The lowest BCUT2D eigenvalue weighted by molar-refractivity contribution is 0.102. The second kappa shape index (κ2) is 10.1. The number of fused-ring (bicyclic) bond motifs is 1. The zero-order valence-corrected chi connectivity index (χ0v) is 19.7. The molecule has 2 N–H and O–H groups in total. The molecule has 0 unspecified atom stereocenters. The second-order valence-corrected chi connectivity index (χ2v) is 8.66. The van der Waals surface area contributed by atoms with Crippen LogP contribution in [0.3, 0.4) is 0 Å². The zero-order valence-electron chi connectivity index (χ0n) is 18.9. The van der Waals surface area contributed by atoms with Gasteiger partial charge in [0.1, 0.15) is 11.4 Å². The average molecular weight is 480 g/mol. The summed E-state index contributed by atoms with van der Waals surface area (Å²) >= 11 is 1.22. The number of ether oxygens (including phenoxy) is 1. The number of rotatable bonds is 9. The van der Waals surface area contributed by atoms with E-state index in [1.165, 1.54) is 23.4 Å². The van der Waals surface area contributed by atoms with Gasteiger partial charge in [-0.2, -0.15) is 0 Å². The van der Waals surface area contributed by atoms with Gasteiger partial charge < -0.3 is 15.0 Å². The standard InChI is InChI=1S/C24H25N5O4S/c1-27-22(31)20(21(25)29(24(27)32)14-16-8-4-3-5-9-16)19(30)15-34-23-26-17-10-6-7-11-18(17)28(23)12-13-33-2/h3-11H,12-15,25H2,1-2H3. The van der Waals surface area contributed by atoms with Gasteiger partial charge in [-0.25, -0.2) is 9.78 Å². The normalized spacial score (nSPS) is 11.2. The van der Waals surface area contributed by atoms with Crippen molar-refractivity contribution in [1.29, 1.82) is 0 Å². The highest BCUT2D eigenvalue weighted by molar-refractivity contribution is 7.99. The number of imidazole rings is 1. The van der Waals surface area contributed by atoms with Crippen molar-refractivity contribution >= 4 is 34.4 Å². The fourth-order valence-electron chi connectivity index (χ4n) is 3.73. The SMILES string of the molecule is COCCn1c(SCC(=O)c2c(N)n(Cc3ccccc3)c(=O)n(C)c2=O)nc2ccccc21. The number of nitrogens with zero attached hydrogens (tertiary/aromatic N) is 4. The number of aromatic nitrogens is 4. The van der Waals surface area contributed by atoms with Gasteiger partial charge in [0.15, 0.2) is 10.9 Å². The molecule has 34 heavy (non-hydrogen) atoms. The zero-order chi connectivity index (χ0) is 24.2.